The zero-order chi connectivity index (χ0) is 9.68. The van der Waals surface area contributed by atoms with E-state index in [1.54, 1.807) is 0 Å². The molecular weight excluding hydrogens is 164 g/mol. The molecule has 1 heterocycles. The highest BCUT2D eigenvalue weighted by atomic mass is 16.5. The lowest BCUT2D eigenvalue weighted by Crippen LogP contribution is -2.42. The van der Waals surface area contributed by atoms with Crippen molar-refractivity contribution < 1.29 is 4.74 Å². The molecule has 1 unspecified atom stereocenters. The van der Waals surface area contributed by atoms with Crippen LogP contribution in [0.15, 0.2) is 0 Å². The average molecular weight is 186 g/mol. The van der Waals surface area contributed by atoms with Gasteiger partial charge in [0.15, 0.2) is 0 Å². The molecule has 1 rings (SSSR count). The molecule has 3 nitrogen and oxygen atoms in total. The second-order valence-corrected chi connectivity index (χ2v) is 3.99. The first-order valence-electron chi connectivity index (χ1n) is 5.29. The van der Waals surface area contributed by atoms with Gasteiger partial charge in [-0.05, 0) is 39.8 Å². The molecule has 0 radical (unpaired) electrons. The lowest BCUT2D eigenvalue weighted by molar-refractivity contribution is 0.120. The first-order valence-corrected chi connectivity index (χ1v) is 5.29. The molecule has 13 heavy (non-hydrogen) atoms. The number of hydrogen-bond donors (Lipinski definition) is 1. The molecule has 0 aliphatic carbocycles. The van der Waals surface area contributed by atoms with E-state index in [9.17, 15) is 0 Å². The van der Waals surface area contributed by atoms with Gasteiger partial charge in [-0.15, -0.1) is 0 Å². The van der Waals surface area contributed by atoms with E-state index >= 15 is 0 Å². The molecule has 0 saturated carbocycles. The zero-order valence-corrected chi connectivity index (χ0v) is 8.83. The van der Waals surface area contributed by atoms with Crippen molar-refractivity contribution in [3.63, 3.8) is 0 Å². The highest BCUT2D eigenvalue weighted by molar-refractivity contribution is 4.78. The third kappa shape index (κ3) is 3.25. The number of nitrogens with zero attached hydrogens (tertiary/aromatic N) is 1. The van der Waals surface area contributed by atoms with Crippen LogP contribution in [0.3, 0.4) is 0 Å². The molecule has 0 spiro atoms. The fraction of sp³-hybridized carbons (Fsp3) is 1.00. The van der Waals surface area contributed by atoms with Crippen molar-refractivity contribution in [2.45, 2.75) is 38.8 Å². The van der Waals surface area contributed by atoms with Crippen LogP contribution < -0.4 is 5.73 Å². The van der Waals surface area contributed by atoms with Crippen molar-refractivity contribution in [1.82, 2.24) is 4.90 Å². The van der Waals surface area contributed by atoms with Crippen LogP contribution in [0.2, 0.25) is 0 Å². The molecule has 1 atom stereocenters. The van der Waals surface area contributed by atoms with Crippen molar-refractivity contribution in [2.24, 2.45) is 5.73 Å². The predicted octanol–water partition coefficient (Wildman–Crippen LogP) is 0.834. The van der Waals surface area contributed by atoms with E-state index < -0.39 is 0 Å². The number of nitrogens with two attached hydrogens (primary N) is 1. The fourth-order valence-corrected chi connectivity index (χ4v) is 1.92. The van der Waals surface area contributed by atoms with Gasteiger partial charge in [0.2, 0.25) is 0 Å². The maximum atomic E-state index is 5.52. The topological polar surface area (TPSA) is 38.5 Å². The Bertz CT molecular complexity index is 133. The Morgan fingerprint density at radius 1 is 1.54 bits per heavy atom. The Labute approximate surface area is 81.2 Å². The molecular formula is C10H22N2O. The summed E-state index contributed by atoms with van der Waals surface area (Å²) in [4.78, 5) is 2.51. The van der Waals surface area contributed by atoms with Crippen LogP contribution in [0.1, 0.15) is 26.7 Å². The van der Waals surface area contributed by atoms with E-state index in [2.05, 4.69) is 18.7 Å². The largest absolute Gasteiger partial charge is 0.380 e. The Hall–Kier alpha value is -0.120. The SMILES string of the molecule is CC(C)N(CCCN)C1CCOC1. The average Bonchev–Trinajstić information content (AvgIpc) is 2.57. The number of rotatable bonds is 5. The maximum Gasteiger partial charge on any atom is 0.0622 e. The lowest BCUT2D eigenvalue weighted by Gasteiger charge is -2.31. The van der Waals surface area contributed by atoms with Crippen LogP contribution in [0, 0.1) is 0 Å². The van der Waals surface area contributed by atoms with Gasteiger partial charge in [0, 0.05) is 18.7 Å². The van der Waals surface area contributed by atoms with Gasteiger partial charge in [0.1, 0.15) is 0 Å². The Balaban J connectivity index is 2.36. The van der Waals surface area contributed by atoms with Gasteiger partial charge in [-0.25, -0.2) is 0 Å². The Morgan fingerprint density at radius 3 is 2.77 bits per heavy atom. The lowest BCUT2D eigenvalue weighted by atomic mass is 10.1. The molecule has 0 aromatic carbocycles. The molecule has 1 saturated heterocycles. The van der Waals surface area contributed by atoms with Gasteiger partial charge >= 0.3 is 0 Å². The van der Waals surface area contributed by atoms with Gasteiger partial charge in [-0.3, -0.25) is 4.90 Å². The maximum absolute atomic E-state index is 5.52. The third-order valence-corrected chi connectivity index (χ3v) is 2.66. The minimum Gasteiger partial charge on any atom is -0.380 e. The molecule has 1 aliphatic heterocycles. The van der Waals surface area contributed by atoms with Crippen molar-refractivity contribution in [2.75, 3.05) is 26.3 Å². The summed E-state index contributed by atoms with van der Waals surface area (Å²) in [5, 5.41) is 0. The summed E-state index contributed by atoms with van der Waals surface area (Å²) in [6, 6.07) is 1.24. The van der Waals surface area contributed by atoms with Gasteiger partial charge in [-0.1, -0.05) is 0 Å². The highest BCUT2D eigenvalue weighted by Gasteiger charge is 2.24. The summed E-state index contributed by atoms with van der Waals surface area (Å²) >= 11 is 0. The standard InChI is InChI=1S/C10H22N2O/c1-9(2)12(6-3-5-11)10-4-7-13-8-10/h9-10H,3-8,11H2,1-2H3. The molecule has 78 valence electrons. The van der Waals surface area contributed by atoms with E-state index in [1.807, 2.05) is 0 Å². The predicted molar refractivity (Wildman–Crippen MR) is 54.7 cm³/mol. The second kappa shape index (κ2) is 5.58. The summed E-state index contributed by atoms with van der Waals surface area (Å²) in [6.07, 6.45) is 2.28. The molecule has 0 aromatic rings. The molecule has 1 aliphatic rings. The van der Waals surface area contributed by atoms with Crippen LogP contribution in [0.25, 0.3) is 0 Å². The van der Waals surface area contributed by atoms with E-state index in [0.717, 1.165) is 32.7 Å². The van der Waals surface area contributed by atoms with Crippen LogP contribution in [0.5, 0.6) is 0 Å². The van der Waals surface area contributed by atoms with Gasteiger partial charge in [-0.2, -0.15) is 0 Å². The monoisotopic (exact) mass is 186 g/mol. The minimum absolute atomic E-state index is 0.609. The third-order valence-electron chi connectivity index (χ3n) is 2.66. The Kier molecular flexibility index (Phi) is 4.70. The van der Waals surface area contributed by atoms with Crippen molar-refractivity contribution in [1.29, 1.82) is 0 Å². The normalized spacial score (nSPS) is 23.3. The van der Waals surface area contributed by atoms with Gasteiger partial charge in [0.05, 0.1) is 6.61 Å². The summed E-state index contributed by atoms with van der Waals surface area (Å²) < 4.78 is 5.40. The van der Waals surface area contributed by atoms with Crippen molar-refractivity contribution in [3.05, 3.63) is 0 Å². The van der Waals surface area contributed by atoms with Crippen LogP contribution >= 0.6 is 0 Å². The Morgan fingerprint density at radius 2 is 2.31 bits per heavy atom. The first kappa shape index (κ1) is 11.0. The summed E-state index contributed by atoms with van der Waals surface area (Å²) in [6.45, 7) is 8.22. The molecule has 3 heteroatoms. The van der Waals surface area contributed by atoms with Crippen LogP contribution in [-0.2, 0) is 4.74 Å². The van der Waals surface area contributed by atoms with Crippen molar-refractivity contribution >= 4 is 0 Å². The minimum atomic E-state index is 0.609. The summed E-state index contributed by atoms with van der Waals surface area (Å²) in [7, 11) is 0. The summed E-state index contributed by atoms with van der Waals surface area (Å²) in [5.41, 5.74) is 5.52. The van der Waals surface area contributed by atoms with Crippen LogP contribution in [-0.4, -0.2) is 43.3 Å². The molecule has 2 N–H and O–H groups in total. The van der Waals surface area contributed by atoms with E-state index in [1.165, 1.54) is 6.42 Å². The molecule has 0 aromatic heterocycles. The quantitative estimate of drug-likeness (QED) is 0.691. The van der Waals surface area contributed by atoms with Crippen molar-refractivity contribution in [3.8, 4) is 0 Å². The second-order valence-electron chi connectivity index (χ2n) is 3.99. The molecule has 1 fully saturated rings. The van der Waals surface area contributed by atoms with E-state index in [-0.39, 0.29) is 0 Å². The smallest absolute Gasteiger partial charge is 0.0622 e. The van der Waals surface area contributed by atoms with E-state index in [4.69, 9.17) is 10.5 Å². The summed E-state index contributed by atoms with van der Waals surface area (Å²) in [5.74, 6) is 0. The van der Waals surface area contributed by atoms with Crippen LogP contribution in [0.4, 0.5) is 0 Å². The number of ether oxygens (including phenoxy) is 1. The molecule has 0 bridgehead atoms. The van der Waals surface area contributed by atoms with E-state index in [0.29, 0.717) is 12.1 Å². The zero-order valence-electron chi connectivity index (χ0n) is 8.83. The van der Waals surface area contributed by atoms with Gasteiger partial charge in [0.25, 0.3) is 0 Å². The molecule has 0 amide bonds. The first-order chi connectivity index (χ1) is 6.25. The number of hydrogen-bond acceptors (Lipinski definition) is 3. The highest BCUT2D eigenvalue weighted by Crippen LogP contribution is 2.15. The fourth-order valence-electron chi connectivity index (χ4n) is 1.92. The van der Waals surface area contributed by atoms with Gasteiger partial charge < -0.3 is 10.5 Å².